The first-order valence-electron chi connectivity index (χ1n) is 11.4. The van der Waals surface area contributed by atoms with Crippen LogP contribution in [0.15, 0.2) is 93.2 Å². The molecule has 2 aromatic carbocycles. The van der Waals surface area contributed by atoms with E-state index in [1.807, 2.05) is 12.1 Å². The predicted molar refractivity (Wildman–Crippen MR) is 135 cm³/mol. The largest absolute Gasteiger partial charge is 0.442 e. The molecule has 6 nitrogen and oxygen atoms in total. The molecule has 35 heavy (non-hydrogen) atoms. The summed E-state index contributed by atoms with van der Waals surface area (Å²) in [6.45, 7) is 3.31. The van der Waals surface area contributed by atoms with Crippen molar-refractivity contribution >= 4 is 29.6 Å². The summed E-state index contributed by atoms with van der Waals surface area (Å²) in [7, 11) is 0. The zero-order valence-corrected chi connectivity index (χ0v) is 20.1. The lowest BCUT2D eigenvalue weighted by molar-refractivity contribution is 0.0743. The number of aromatic nitrogens is 1. The fourth-order valence-electron chi connectivity index (χ4n) is 4.70. The minimum Gasteiger partial charge on any atom is -0.442 e. The minimum atomic E-state index is -0.888. The summed E-state index contributed by atoms with van der Waals surface area (Å²) in [4.78, 5) is 19.1. The van der Waals surface area contributed by atoms with Crippen LogP contribution in [0.4, 0.5) is 10.1 Å². The molecule has 0 spiro atoms. The number of allylic oxidation sites excluding steroid dienone is 2. The average Bonchev–Trinajstić information content (AvgIpc) is 3.40. The van der Waals surface area contributed by atoms with Gasteiger partial charge in [0.25, 0.3) is 5.89 Å². The number of nitrogens with zero attached hydrogens (tertiary/aromatic N) is 2. The Bertz CT molecular complexity index is 1320. The van der Waals surface area contributed by atoms with Crippen molar-refractivity contribution in [2.24, 2.45) is 5.41 Å². The number of fused-ring (bicyclic) bond motifs is 1. The van der Waals surface area contributed by atoms with Gasteiger partial charge in [-0.25, -0.2) is 13.7 Å². The highest BCUT2D eigenvalue weighted by atomic mass is 32.2. The van der Waals surface area contributed by atoms with Gasteiger partial charge in [-0.15, -0.1) is 0 Å². The van der Waals surface area contributed by atoms with Crippen molar-refractivity contribution in [1.82, 2.24) is 9.29 Å². The van der Waals surface area contributed by atoms with Gasteiger partial charge in [-0.05, 0) is 85.3 Å². The fourth-order valence-corrected chi connectivity index (χ4v) is 5.85. The standard InChI is InChI=1S/C27H25FN4O2S/c1-18-3-2-4-23(13-18)35-32-11-9-20-14-24(31-22-7-5-21(28)6-8-22)19(16-29)15-27(20,17-32)25(33)26-30-10-12-34-26/h2-8,10,12-14,16,29,31H,9,11,15,17H2,1H3. The molecule has 0 saturated carbocycles. The first kappa shape index (κ1) is 23.3. The summed E-state index contributed by atoms with van der Waals surface area (Å²) >= 11 is 1.64. The topological polar surface area (TPSA) is 82.2 Å². The number of hydrogen-bond acceptors (Lipinski definition) is 7. The Morgan fingerprint density at radius 3 is 2.83 bits per heavy atom. The van der Waals surface area contributed by atoms with Crippen molar-refractivity contribution < 1.29 is 13.6 Å². The molecule has 1 atom stereocenters. The first-order chi connectivity index (χ1) is 17.0. The molecule has 2 heterocycles. The SMILES string of the molecule is Cc1cccc(SN2CCC3=CC(Nc4ccc(F)cc4)=C(C=N)CC3(C(=O)c3ncco3)C2)c1. The van der Waals surface area contributed by atoms with Crippen LogP contribution >= 0.6 is 11.9 Å². The van der Waals surface area contributed by atoms with Crippen LogP contribution in [0.25, 0.3) is 0 Å². The van der Waals surface area contributed by atoms with E-state index in [-0.39, 0.29) is 17.5 Å². The fraction of sp³-hybridized carbons (Fsp3) is 0.222. The van der Waals surface area contributed by atoms with Gasteiger partial charge in [0.2, 0.25) is 5.78 Å². The summed E-state index contributed by atoms with van der Waals surface area (Å²) in [5, 5.41) is 11.4. The predicted octanol–water partition coefficient (Wildman–Crippen LogP) is 6.05. The van der Waals surface area contributed by atoms with Crippen LogP contribution in [0.3, 0.4) is 0 Å². The maximum Gasteiger partial charge on any atom is 0.264 e. The van der Waals surface area contributed by atoms with Crippen LogP contribution < -0.4 is 5.32 Å². The molecule has 3 aromatic rings. The summed E-state index contributed by atoms with van der Waals surface area (Å²) in [5.74, 6) is -0.408. The molecule has 1 aromatic heterocycles. The maximum absolute atomic E-state index is 13.8. The number of Topliss-reactive ketones (excluding diaryl/α,β-unsaturated/α-hetero) is 1. The lowest BCUT2D eigenvalue weighted by Crippen LogP contribution is -2.49. The molecular weight excluding hydrogens is 463 g/mol. The number of rotatable bonds is 7. The third-order valence-electron chi connectivity index (χ3n) is 6.43. The summed E-state index contributed by atoms with van der Waals surface area (Å²) in [6.07, 6.45) is 7.18. The van der Waals surface area contributed by atoms with E-state index in [0.717, 1.165) is 28.4 Å². The van der Waals surface area contributed by atoms with Crippen LogP contribution in [0.5, 0.6) is 0 Å². The maximum atomic E-state index is 13.8. The number of aryl methyl sites for hydroxylation is 1. The van der Waals surface area contributed by atoms with Gasteiger partial charge in [-0.3, -0.25) is 4.79 Å². The molecular formula is C27H25FN4O2S. The van der Waals surface area contributed by atoms with Crippen LogP contribution in [0.2, 0.25) is 0 Å². The van der Waals surface area contributed by atoms with Crippen molar-refractivity contribution in [2.75, 3.05) is 18.4 Å². The van der Waals surface area contributed by atoms with Crippen molar-refractivity contribution in [3.05, 3.63) is 101 Å². The van der Waals surface area contributed by atoms with E-state index >= 15 is 0 Å². The number of carbonyl (C=O) groups is 1. The molecule has 8 heteroatoms. The van der Waals surface area contributed by atoms with Crippen molar-refractivity contribution in [1.29, 1.82) is 5.41 Å². The van der Waals surface area contributed by atoms with Gasteiger partial charge in [0.1, 0.15) is 12.1 Å². The van der Waals surface area contributed by atoms with Crippen molar-refractivity contribution in [3.63, 3.8) is 0 Å². The van der Waals surface area contributed by atoms with Crippen LogP contribution in [0, 0.1) is 23.6 Å². The number of nitrogens with one attached hydrogen (secondary N) is 2. The second-order valence-electron chi connectivity index (χ2n) is 8.83. The highest BCUT2D eigenvalue weighted by molar-refractivity contribution is 7.97. The number of anilines is 1. The zero-order valence-electron chi connectivity index (χ0n) is 19.3. The second-order valence-corrected chi connectivity index (χ2v) is 10.0. The quantitative estimate of drug-likeness (QED) is 0.239. The van der Waals surface area contributed by atoms with Gasteiger partial charge in [-0.1, -0.05) is 17.7 Å². The number of hydrogen-bond donors (Lipinski definition) is 2. The number of carbonyl (C=O) groups excluding carboxylic acids is 1. The first-order valence-corrected chi connectivity index (χ1v) is 12.2. The lowest BCUT2D eigenvalue weighted by atomic mass is 9.66. The molecule has 0 amide bonds. The third kappa shape index (κ3) is 4.72. The summed E-state index contributed by atoms with van der Waals surface area (Å²) < 4.78 is 21.0. The van der Waals surface area contributed by atoms with Gasteiger partial charge in [-0.2, -0.15) is 0 Å². The van der Waals surface area contributed by atoms with E-state index in [0.29, 0.717) is 25.0 Å². The zero-order chi connectivity index (χ0) is 24.4. The molecule has 0 radical (unpaired) electrons. The Hall–Kier alpha value is -3.49. The van der Waals surface area contributed by atoms with Crippen LogP contribution in [-0.4, -0.2) is 34.4 Å². The van der Waals surface area contributed by atoms with Gasteiger partial charge in [0.05, 0.1) is 11.6 Å². The Labute approximate surface area is 207 Å². The summed E-state index contributed by atoms with van der Waals surface area (Å²) in [6, 6.07) is 14.4. The van der Waals surface area contributed by atoms with Gasteiger partial charge < -0.3 is 15.1 Å². The molecule has 5 rings (SSSR count). The van der Waals surface area contributed by atoms with Crippen molar-refractivity contribution in [3.8, 4) is 0 Å². The molecule has 1 unspecified atom stereocenters. The second kappa shape index (κ2) is 9.64. The van der Waals surface area contributed by atoms with E-state index in [2.05, 4.69) is 39.7 Å². The molecule has 0 bridgehead atoms. The van der Waals surface area contributed by atoms with Gasteiger partial charge in [0.15, 0.2) is 0 Å². The van der Waals surface area contributed by atoms with Gasteiger partial charge in [0, 0.05) is 35.6 Å². The van der Waals surface area contributed by atoms with E-state index in [9.17, 15) is 9.18 Å². The monoisotopic (exact) mass is 488 g/mol. The highest BCUT2D eigenvalue weighted by Gasteiger charge is 2.50. The highest BCUT2D eigenvalue weighted by Crippen LogP contribution is 2.48. The lowest BCUT2D eigenvalue weighted by Gasteiger charge is -2.45. The molecule has 1 aliphatic heterocycles. The number of halogens is 1. The summed E-state index contributed by atoms with van der Waals surface area (Å²) in [5.41, 5.74) is 3.44. The Morgan fingerprint density at radius 2 is 2.11 bits per heavy atom. The number of ketones is 1. The smallest absolute Gasteiger partial charge is 0.264 e. The number of piperidine rings is 1. The molecule has 1 saturated heterocycles. The molecule has 178 valence electrons. The normalized spacial score (nSPS) is 20.2. The third-order valence-corrected chi connectivity index (χ3v) is 7.47. The van der Waals surface area contributed by atoms with E-state index < -0.39 is 5.41 Å². The van der Waals surface area contributed by atoms with Crippen LogP contribution in [0.1, 0.15) is 29.1 Å². The van der Waals surface area contributed by atoms with E-state index in [1.54, 1.807) is 24.1 Å². The molecule has 2 aliphatic rings. The molecule has 1 aliphatic carbocycles. The van der Waals surface area contributed by atoms with Gasteiger partial charge >= 0.3 is 0 Å². The number of oxazole rings is 1. The number of benzene rings is 2. The van der Waals surface area contributed by atoms with E-state index in [4.69, 9.17) is 9.83 Å². The Kier molecular flexibility index (Phi) is 6.40. The Morgan fingerprint density at radius 1 is 1.29 bits per heavy atom. The Balaban J connectivity index is 1.49. The average molecular weight is 489 g/mol. The minimum absolute atomic E-state index is 0.0811. The molecule has 2 N–H and O–H groups in total. The van der Waals surface area contributed by atoms with Crippen LogP contribution in [-0.2, 0) is 0 Å². The van der Waals surface area contributed by atoms with E-state index in [1.165, 1.54) is 36.4 Å². The molecule has 1 fully saturated rings. The van der Waals surface area contributed by atoms with Crippen molar-refractivity contribution in [2.45, 2.75) is 24.7 Å².